The lowest BCUT2D eigenvalue weighted by Crippen LogP contribution is -2.44. The fraction of sp³-hybridized carbons (Fsp3) is 0.172. The van der Waals surface area contributed by atoms with Crippen LogP contribution in [0.4, 0.5) is 5.69 Å². The van der Waals surface area contributed by atoms with Crippen molar-refractivity contribution in [1.29, 1.82) is 0 Å². The molecule has 190 valence electrons. The Kier molecular flexibility index (Phi) is 5.85. The minimum atomic E-state index is -1.01. The molecule has 0 saturated carbocycles. The van der Waals surface area contributed by atoms with Crippen molar-refractivity contribution >= 4 is 58.5 Å². The topological polar surface area (TPSA) is 84.0 Å². The van der Waals surface area contributed by atoms with Gasteiger partial charge in [-0.25, -0.2) is 9.69 Å². The number of esters is 1. The summed E-state index contributed by atoms with van der Waals surface area (Å²) < 4.78 is 4.89. The van der Waals surface area contributed by atoms with Crippen molar-refractivity contribution < 1.29 is 23.9 Å². The maximum atomic E-state index is 14.1. The number of ketones is 1. The number of hydrogen-bond donors (Lipinski definition) is 0. The molecule has 4 atom stereocenters. The van der Waals surface area contributed by atoms with Gasteiger partial charge in [-0.3, -0.25) is 14.4 Å². The van der Waals surface area contributed by atoms with Crippen molar-refractivity contribution in [3.05, 3.63) is 105 Å². The third kappa shape index (κ3) is 3.50. The largest absolute Gasteiger partial charge is 0.465 e. The summed E-state index contributed by atoms with van der Waals surface area (Å²) in [6, 6.07) is 16.9. The maximum Gasteiger partial charge on any atom is 0.339 e. The molecule has 0 bridgehead atoms. The summed E-state index contributed by atoms with van der Waals surface area (Å²) in [6.07, 6.45) is 3.64. The Morgan fingerprint density at radius 2 is 1.58 bits per heavy atom. The van der Waals surface area contributed by atoms with Gasteiger partial charge in [0, 0.05) is 16.8 Å². The molecule has 3 aromatic carbocycles. The summed E-state index contributed by atoms with van der Waals surface area (Å²) in [5, 5.41) is 0.534. The number of methoxy groups -OCH3 is 1. The molecule has 38 heavy (non-hydrogen) atoms. The van der Waals surface area contributed by atoms with Gasteiger partial charge < -0.3 is 9.64 Å². The van der Waals surface area contributed by atoms with Gasteiger partial charge in [-0.1, -0.05) is 59.6 Å². The van der Waals surface area contributed by atoms with E-state index in [4.69, 9.17) is 27.9 Å². The smallest absolute Gasteiger partial charge is 0.339 e. The van der Waals surface area contributed by atoms with E-state index < -0.39 is 47.5 Å². The number of amides is 2. The fourth-order valence-electron chi connectivity index (χ4n) is 5.89. The van der Waals surface area contributed by atoms with Crippen LogP contribution in [0, 0.1) is 11.8 Å². The maximum absolute atomic E-state index is 14.1. The van der Waals surface area contributed by atoms with Gasteiger partial charge in [-0.2, -0.15) is 0 Å². The number of carbonyl (C=O) groups is 4. The predicted octanol–water partition coefficient (Wildman–Crippen LogP) is 5.18. The first-order valence-corrected chi connectivity index (χ1v) is 12.7. The highest BCUT2D eigenvalue weighted by Gasteiger charge is 2.64. The van der Waals surface area contributed by atoms with E-state index in [1.165, 1.54) is 31.4 Å². The number of ether oxygens (including phenoxy) is 1. The normalized spacial score (nSPS) is 23.2. The van der Waals surface area contributed by atoms with Gasteiger partial charge in [0.2, 0.25) is 11.8 Å². The van der Waals surface area contributed by atoms with Gasteiger partial charge in [-0.05, 0) is 47.5 Å². The van der Waals surface area contributed by atoms with E-state index in [1.807, 2.05) is 30.3 Å². The van der Waals surface area contributed by atoms with Crippen LogP contribution in [0.3, 0.4) is 0 Å². The molecule has 0 aromatic heterocycles. The summed E-state index contributed by atoms with van der Waals surface area (Å²) in [7, 11) is 1.23. The summed E-state index contributed by atoms with van der Waals surface area (Å²) in [5.74, 6) is -3.97. The van der Waals surface area contributed by atoms with Crippen molar-refractivity contribution in [2.75, 3.05) is 12.0 Å². The Hall–Kier alpha value is -3.94. The van der Waals surface area contributed by atoms with E-state index in [-0.39, 0.29) is 21.8 Å². The molecule has 0 aliphatic carbocycles. The Morgan fingerprint density at radius 3 is 2.34 bits per heavy atom. The highest BCUT2D eigenvalue weighted by atomic mass is 35.5. The average Bonchev–Trinajstić information content (AvgIpc) is 3.40. The van der Waals surface area contributed by atoms with Gasteiger partial charge in [-0.15, -0.1) is 0 Å². The third-order valence-electron chi connectivity index (χ3n) is 7.48. The van der Waals surface area contributed by atoms with E-state index >= 15 is 0 Å². The number of nitrogens with zero attached hydrogens (tertiary/aromatic N) is 2. The van der Waals surface area contributed by atoms with Crippen LogP contribution in [0.1, 0.15) is 37.9 Å². The van der Waals surface area contributed by atoms with E-state index in [0.717, 1.165) is 16.0 Å². The first kappa shape index (κ1) is 24.4. The van der Waals surface area contributed by atoms with Crippen molar-refractivity contribution in [1.82, 2.24) is 4.90 Å². The number of fused-ring (bicyclic) bond motifs is 5. The molecule has 2 saturated heterocycles. The quantitative estimate of drug-likeness (QED) is 0.255. The predicted molar refractivity (Wildman–Crippen MR) is 142 cm³/mol. The van der Waals surface area contributed by atoms with Crippen LogP contribution in [0.25, 0.3) is 6.08 Å². The fourth-order valence-corrected chi connectivity index (χ4v) is 6.40. The van der Waals surface area contributed by atoms with Crippen LogP contribution >= 0.6 is 23.2 Å². The lowest BCUT2D eigenvalue weighted by Gasteiger charge is -2.35. The molecule has 7 nitrogen and oxygen atoms in total. The van der Waals surface area contributed by atoms with E-state index in [2.05, 4.69) is 0 Å². The first-order valence-electron chi connectivity index (χ1n) is 11.9. The van der Waals surface area contributed by atoms with E-state index in [0.29, 0.717) is 5.02 Å². The summed E-state index contributed by atoms with van der Waals surface area (Å²) in [4.78, 5) is 57.6. The van der Waals surface area contributed by atoms with Crippen LogP contribution in [0.5, 0.6) is 0 Å². The molecule has 3 aliphatic heterocycles. The molecular formula is C29H20Cl2N2O5. The molecule has 0 radical (unpaired) electrons. The molecule has 0 unspecified atom stereocenters. The lowest BCUT2D eigenvalue weighted by molar-refractivity contribution is -0.123. The number of hydrogen-bond acceptors (Lipinski definition) is 6. The zero-order valence-electron chi connectivity index (χ0n) is 20.0. The van der Waals surface area contributed by atoms with Gasteiger partial charge >= 0.3 is 5.97 Å². The SMILES string of the molecule is COC(=O)c1ccccc1N1C(=O)[C@@H]2[C@H](C1=O)[C@@H]1c3ccccc3C=CN1[C@H]2C(=O)c1ccc(Cl)cc1Cl. The van der Waals surface area contributed by atoms with Crippen molar-refractivity contribution in [2.45, 2.75) is 12.1 Å². The van der Waals surface area contributed by atoms with Crippen LogP contribution in [-0.4, -0.2) is 41.6 Å². The van der Waals surface area contributed by atoms with Crippen LogP contribution in [0.15, 0.2) is 72.9 Å². The number of anilines is 1. The molecule has 0 spiro atoms. The summed E-state index contributed by atoms with van der Waals surface area (Å²) in [6.45, 7) is 0. The van der Waals surface area contributed by atoms with Crippen LogP contribution in [0.2, 0.25) is 10.0 Å². The molecular weight excluding hydrogens is 527 g/mol. The van der Waals surface area contributed by atoms with Crippen LogP contribution < -0.4 is 4.90 Å². The Morgan fingerprint density at radius 1 is 0.868 bits per heavy atom. The van der Waals surface area contributed by atoms with Crippen molar-refractivity contribution in [3.63, 3.8) is 0 Å². The second-order valence-electron chi connectivity index (χ2n) is 9.34. The third-order valence-corrected chi connectivity index (χ3v) is 8.02. The van der Waals surface area contributed by atoms with Gasteiger partial charge in [0.15, 0.2) is 5.78 Å². The Balaban J connectivity index is 1.52. The zero-order valence-corrected chi connectivity index (χ0v) is 21.5. The van der Waals surface area contributed by atoms with Crippen LogP contribution in [-0.2, 0) is 14.3 Å². The zero-order chi connectivity index (χ0) is 26.7. The number of para-hydroxylation sites is 1. The molecule has 6 rings (SSSR count). The highest BCUT2D eigenvalue weighted by molar-refractivity contribution is 6.37. The highest BCUT2D eigenvalue weighted by Crippen LogP contribution is 2.54. The summed E-state index contributed by atoms with van der Waals surface area (Å²) in [5.41, 5.74) is 2.17. The average molecular weight is 547 g/mol. The standard InChI is InChI=1S/C29H20Cl2N2O5/c1-38-29(37)19-8-4-5-9-21(19)33-27(35)22-23(28(33)36)25(26(34)18-11-10-16(30)14-20(18)31)32-13-12-15-6-2-3-7-17(15)24(22)32/h2-14,22-25H,1H3/t22-,23+,24-,25+/m0/s1. The molecule has 3 aliphatic rings. The number of benzene rings is 3. The molecule has 2 fully saturated rings. The van der Waals surface area contributed by atoms with Gasteiger partial charge in [0.05, 0.1) is 41.3 Å². The van der Waals surface area contributed by atoms with Gasteiger partial charge in [0.1, 0.15) is 6.04 Å². The molecule has 3 heterocycles. The second kappa shape index (κ2) is 9.11. The Bertz CT molecular complexity index is 1570. The van der Waals surface area contributed by atoms with E-state index in [1.54, 1.807) is 29.3 Å². The minimum absolute atomic E-state index is 0.0843. The number of halogens is 2. The number of Topliss-reactive ketones (excluding diaryl/α,β-unsaturated/α-hetero) is 1. The molecule has 2 amide bonds. The van der Waals surface area contributed by atoms with Crippen molar-refractivity contribution in [3.8, 4) is 0 Å². The van der Waals surface area contributed by atoms with E-state index in [9.17, 15) is 19.2 Å². The molecule has 0 N–H and O–H groups in total. The lowest BCUT2D eigenvalue weighted by atomic mass is 9.83. The Labute approximate surface area is 228 Å². The summed E-state index contributed by atoms with van der Waals surface area (Å²) >= 11 is 12.5. The molecule has 9 heteroatoms. The monoisotopic (exact) mass is 546 g/mol. The number of rotatable bonds is 4. The number of carbonyl (C=O) groups excluding carboxylic acids is 4. The second-order valence-corrected chi connectivity index (χ2v) is 10.2. The number of imide groups is 1. The first-order chi connectivity index (χ1) is 18.3. The minimum Gasteiger partial charge on any atom is -0.465 e. The van der Waals surface area contributed by atoms with Gasteiger partial charge in [0.25, 0.3) is 0 Å². The van der Waals surface area contributed by atoms with Crippen molar-refractivity contribution in [2.24, 2.45) is 11.8 Å². The molecule has 3 aromatic rings.